The van der Waals surface area contributed by atoms with Crippen molar-refractivity contribution in [3.8, 4) is 0 Å². The third-order valence-corrected chi connectivity index (χ3v) is 6.59. The zero-order valence-corrected chi connectivity index (χ0v) is 22.8. The maximum absolute atomic E-state index is 13.3. The molecule has 2 aromatic carbocycles. The van der Waals surface area contributed by atoms with E-state index in [-0.39, 0.29) is 34.6 Å². The van der Waals surface area contributed by atoms with Gasteiger partial charge in [-0.05, 0) is 55.0 Å². The van der Waals surface area contributed by atoms with E-state index in [2.05, 4.69) is 10.6 Å². The van der Waals surface area contributed by atoms with Gasteiger partial charge in [0.05, 0.1) is 24.4 Å². The van der Waals surface area contributed by atoms with E-state index in [1.165, 1.54) is 12.1 Å². The van der Waals surface area contributed by atoms with Gasteiger partial charge >= 0.3 is 5.97 Å². The lowest BCUT2D eigenvalue weighted by Crippen LogP contribution is -2.47. The van der Waals surface area contributed by atoms with E-state index in [0.29, 0.717) is 49.5 Å². The van der Waals surface area contributed by atoms with Crippen molar-refractivity contribution in [1.29, 1.82) is 0 Å². The summed E-state index contributed by atoms with van der Waals surface area (Å²) in [4.78, 5) is 56.5. The van der Waals surface area contributed by atoms with Gasteiger partial charge in [0.2, 0.25) is 0 Å². The SMILES string of the molecule is Cc1ccc(C(=O)NC2CC2)cc1NC(=O)c1cc(N2CCN(OC(=O)CC(C)(C)C)CC2)ccc1[N+](=O)[O-]. The van der Waals surface area contributed by atoms with E-state index in [0.717, 1.165) is 18.4 Å². The predicted octanol–water partition coefficient (Wildman–Crippen LogP) is 4.06. The maximum Gasteiger partial charge on any atom is 0.325 e. The molecule has 2 amide bonds. The molecule has 11 nitrogen and oxygen atoms in total. The largest absolute Gasteiger partial charge is 0.369 e. The zero-order chi connectivity index (χ0) is 28.3. The summed E-state index contributed by atoms with van der Waals surface area (Å²) in [7, 11) is 0. The molecule has 4 rings (SSSR count). The third kappa shape index (κ3) is 7.53. The number of carbonyl (C=O) groups is 3. The van der Waals surface area contributed by atoms with Gasteiger partial charge in [0.25, 0.3) is 17.5 Å². The highest BCUT2D eigenvalue weighted by Crippen LogP contribution is 2.28. The van der Waals surface area contributed by atoms with Crippen LogP contribution in [0.25, 0.3) is 0 Å². The number of carbonyl (C=O) groups excluding carboxylic acids is 3. The van der Waals surface area contributed by atoms with Gasteiger partial charge in [-0.2, -0.15) is 0 Å². The predicted molar refractivity (Wildman–Crippen MR) is 147 cm³/mol. The Labute approximate surface area is 227 Å². The van der Waals surface area contributed by atoms with Crippen LogP contribution in [0.2, 0.25) is 0 Å². The van der Waals surface area contributed by atoms with Crippen LogP contribution in [0, 0.1) is 22.5 Å². The van der Waals surface area contributed by atoms with Gasteiger partial charge in [0.15, 0.2) is 0 Å². The molecule has 0 spiro atoms. The summed E-state index contributed by atoms with van der Waals surface area (Å²) in [6, 6.07) is 9.65. The molecule has 1 heterocycles. The first-order chi connectivity index (χ1) is 18.4. The number of hydroxylamine groups is 2. The van der Waals surface area contributed by atoms with Crippen LogP contribution in [0.1, 0.15) is 66.3 Å². The molecule has 0 bridgehead atoms. The number of amides is 2. The van der Waals surface area contributed by atoms with Gasteiger partial charge in [-0.1, -0.05) is 26.8 Å². The summed E-state index contributed by atoms with van der Waals surface area (Å²) in [6.45, 7) is 9.65. The van der Waals surface area contributed by atoms with Crippen LogP contribution in [0.4, 0.5) is 17.1 Å². The highest BCUT2D eigenvalue weighted by Gasteiger charge is 2.27. The molecule has 208 valence electrons. The number of hydrogen-bond donors (Lipinski definition) is 2. The van der Waals surface area contributed by atoms with E-state index in [4.69, 9.17) is 4.84 Å². The molecular formula is C28H35N5O6. The second kappa shape index (κ2) is 11.4. The van der Waals surface area contributed by atoms with Crippen molar-refractivity contribution >= 4 is 34.8 Å². The number of anilines is 2. The van der Waals surface area contributed by atoms with Crippen molar-refractivity contribution in [2.45, 2.75) is 53.0 Å². The topological polar surface area (TPSA) is 134 Å². The normalized spacial score (nSPS) is 15.9. The Hall–Kier alpha value is -3.99. The maximum atomic E-state index is 13.3. The Bertz CT molecular complexity index is 1280. The van der Waals surface area contributed by atoms with Gasteiger partial charge < -0.3 is 20.4 Å². The van der Waals surface area contributed by atoms with Crippen LogP contribution in [0.3, 0.4) is 0 Å². The summed E-state index contributed by atoms with van der Waals surface area (Å²) in [5.41, 5.74) is 1.64. The quantitative estimate of drug-likeness (QED) is 0.380. The molecule has 1 saturated heterocycles. The number of nitro groups is 1. The Morgan fingerprint density at radius 2 is 1.72 bits per heavy atom. The fourth-order valence-electron chi connectivity index (χ4n) is 4.29. The number of hydrogen-bond acceptors (Lipinski definition) is 8. The smallest absolute Gasteiger partial charge is 0.325 e. The molecule has 2 aliphatic rings. The number of aryl methyl sites for hydroxylation is 1. The molecule has 1 aliphatic carbocycles. The molecule has 0 radical (unpaired) electrons. The van der Waals surface area contributed by atoms with Gasteiger partial charge in [0, 0.05) is 42.1 Å². The number of nitrogens with one attached hydrogen (secondary N) is 2. The van der Waals surface area contributed by atoms with Crippen molar-refractivity contribution in [2.24, 2.45) is 5.41 Å². The highest BCUT2D eigenvalue weighted by atomic mass is 16.7. The lowest BCUT2D eigenvalue weighted by atomic mass is 9.93. The molecule has 1 saturated carbocycles. The molecule has 2 fully saturated rings. The summed E-state index contributed by atoms with van der Waals surface area (Å²) in [5.74, 6) is -1.14. The number of rotatable bonds is 8. The van der Waals surface area contributed by atoms with Crippen molar-refractivity contribution < 1.29 is 24.1 Å². The second-order valence-corrected chi connectivity index (χ2v) is 11.3. The van der Waals surface area contributed by atoms with E-state index >= 15 is 0 Å². The number of benzene rings is 2. The molecule has 0 atom stereocenters. The third-order valence-electron chi connectivity index (χ3n) is 6.59. The minimum Gasteiger partial charge on any atom is -0.369 e. The van der Waals surface area contributed by atoms with E-state index in [1.807, 2.05) is 25.7 Å². The molecule has 2 aromatic rings. The standard InChI is InChI=1S/C28H35N5O6/c1-18-5-6-19(26(35)29-20-7-8-20)15-23(18)30-27(36)22-16-21(9-10-24(22)33(37)38)31-11-13-32(14-12-31)39-25(34)17-28(2,3)4/h5-6,9-10,15-16,20H,7-8,11-14,17H2,1-4H3,(H,29,35)(H,30,36). The molecule has 1 aliphatic heterocycles. The highest BCUT2D eigenvalue weighted by molar-refractivity contribution is 6.08. The van der Waals surface area contributed by atoms with Crippen molar-refractivity contribution in [3.63, 3.8) is 0 Å². The van der Waals surface area contributed by atoms with Crippen LogP contribution < -0.4 is 15.5 Å². The van der Waals surface area contributed by atoms with Gasteiger partial charge in [-0.3, -0.25) is 24.5 Å². The lowest BCUT2D eigenvalue weighted by Gasteiger charge is -2.35. The van der Waals surface area contributed by atoms with E-state index in [9.17, 15) is 24.5 Å². The Morgan fingerprint density at radius 1 is 1.03 bits per heavy atom. The minimum atomic E-state index is -0.638. The summed E-state index contributed by atoms with van der Waals surface area (Å²) in [6.07, 6.45) is 2.22. The van der Waals surface area contributed by atoms with Crippen molar-refractivity contribution in [2.75, 3.05) is 36.4 Å². The van der Waals surface area contributed by atoms with Gasteiger partial charge in [-0.25, -0.2) is 0 Å². The van der Waals surface area contributed by atoms with Crippen molar-refractivity contribution in [3.05, 3.63) is 63.2 Å². The van der Waals surface area contributed by atoms with Gasteiger partial charge in [0.1, 0.15) is 5.56 Å². The van der Waals surface area contributed by atoms with Gasteiger partial charge in [-0.15, -0.1) is 5.06 Å². The second-order valence-electron chi connectivity index (χ2n) is 11.3. The number of nitrogens with zero attached hydrogens (tertiary/aromatic N) is 3. The van der Waals surface area contributed by atoms with Crippen LogP contribution in [0.5, 0.6) is 0 Å². The Balaban J connectivity index is 1.46. The Kier molecular flexibility index (Phi) is 8.19. The first kappa shape index (κ1) is 28.0. The minimum absolute atomic E-state index is 0.0798. The fraction of sp³-hybridized carbons (Fsp3) is 0.464. The summed E-state index contributed by atoms with van der Waals surface area (Å²) in [5, 5.41) is 19.0. The first-order valence-corrected chi connectivity index (χ1v) is 13.1. The molecule has 0 aromatic heterocycles. The van der Waals surface area contributed by atoms with E-state index in [1.54, 1.807) is 36.3 Å². The number of nitro benzene ring substituents is 1. The molecule has 11 heteroatoms. The number of piperazine rings is 1. The Morgan fingerprint density at radius 3 is 2.33 bits per heavy atom. The molecule has 0 unspecified atom stereocenters. The molecular weight excluding hydrogens is 502 g/mol. The van der Waals surface area contributed by atoms with Crippen molar-refractivity contribution in [1.82, 2.24) is 10.4 Å². The monoisotopic (exact) mass is 537 g/mol. The van der Waals surface area contributed by atoms with Crippen LogP contribution in [-0.2, 0) is 9.63 Å². The van der Waals surface area contributed by atoms with Crippen LogP contribution >= 0.6 is 0 Å². The summed E-state index contributed by atoms with van der Waals surface area (Å²) >= 11 is 0. The molecule has 2 N–H and O–H groups in total. The first-order valence-electron chi connectivity index (χ1n) is 13.1. The average Bonchev–Trinajstić information content (AvgIpc) is 3.68. The lowest BCUT2D eigenvalue weighted by molar-refractivity contribution is -0.385. The molecule has 39 heavy (non-hydrogen) atoms. The van der Waals surface area contributed by atoms with Crippen LogP contribution in [0.15, 0.2) is 36.4 Å². The summed E-state index contributed by atoms with van der Waals surface area (Å²) < 4.78 is 0. The van der Waals surface area contributed by atoms with E-state index < -0.39 is 10.8 Å². The average molecular weight is 538 g/mol. The van der Waals surface area contributed by atoms with Crippen LogP contribution in [-0.4, -0.2) is 60.0 Å². The zero-order valence-electron chi connectivity index (χ0n) is 22.8. The fourth-order valence-corrected chi connectivity index (χ4v) is 4.29.